The van der Waals surface area contributed by atoms with E-state index >= 15 is 0 Å². The fraction of sp³-hybridized carbons (Fsp3) is 0.591. The maximum absolute atomic E-state index is 12.9. The van der Waals surface area contributed by atoms with Crippen LogP contribution in [0.5, 0.6) is 0 Å². The molecule has 0 radical (unpaired) electrons. The average Bonchev–Trinajstić information content (AvgIpc) is 2.97. The lowest BCUT2D eigenvalue weighted by Crippen LogP contribution is -2.34. The van der Waals surface area contributed by atoms with Gasteiger partial charge in [0.2, 0.25) is 10.4 Å². The van der Waals surface area contributed by atoms with Crippen LogP contribution >= 0.6 is 0 Å². The van der Waals surface area contributed by atoms with Crippen LogP contribution in [0.25, 0.3) is 6.08 Å². The molecule has 2 fully saturated rings. The smallest absolute Gasteiger partial charge is 0.217 e. The second kappa shape index (κ2) is 9.28. The first-order chi connectivity index (χ1) is 13.6. The highest BCUT2D eigenvalue weighted by Gasteiger charge is 2.63. The highest BCUT2D eigenvalue weighted by molar-refractivity contribution is 7.80. The van der Waals surface area contributed by atoms with Crippen molar-refractivity contribution in [2.24, 2.45) is 22.5 Å². The highest BCUT2D eigenvalue weighted by Crippen LogP contribution is 2.65. The molecule has 30 heavy (non-hydrogen) atoms. The molecule has 2 unspecified atom stereocenters. The van der Waals surface area contributed by atoms with Crippen molar-refractivity contribution in [3.8, 4) is 0 Å². The van der Waals surface area contributed by atoms with Crippen LogP contribution in [0.3, 0.4) is 0 Å². The number of allylic oxidation sites excluding steroid dienone is 1. The number of rotatable bonds is 3. The van der Waals surface area contributed by atoms with E-state index in [-0.39, 0.29) is 10.8 Å². The molecule has 0 aliphatic heterocycles. The normalized spacial score (nSPS) is 26.0. The predicted molar refractivity (Wildman–Crippen MR) is 120 cm³/mol. The molecule has 2 saturated carbocycles. The molecular weight excluding hydrogens is 404 g/mol. The monoisotopic (exact) mass is 440 g/mol. The summed E-state index contributed by atoms with van der Waals surface area (Å²) in [4.78, 5) is 12.9. The van der Waals surface area contributed by atoms with E-state index in [1.807, 2.05) is 0 Å². The van der Waals surface area contributed by atoms with Gasteiger partial charge in [-0.1, -0.05) is 20.8 Å². The zero-order valence-electron chi connectivity index (χ0n) is 19.4. The minimum atomic E-state index is -4.41. The molecule has 0 heterocycles. The number of quaternary nitrogens is 1. The third-order valence-electron chi connectivity index (χ3n) is 6.56. The summed E-state index contributed by atoms with van der Waals surface area (Å²) in [6.07, 6.45) is 4.33. The fourth-order valence-electron chi connectivity index (χ4n) is 4.29. The van der Waals surface area contributed by atoms with Crippen molar-refractivity contribution in [2.75, 3.05) is 35.3 Å². The standard InChI is InChI=1S/C20H28NO.CH5N.CH4O4S/c1-19(2)17-11-12-20(19,3)18(22)16(17)13-14-7-9-15(10-8-14)21(4,5)6;1-2;1-5-6(2,3)4/h7-10,13,17H,11-12H2,1-6H3;2H2,1H3;1H3,(H,2,3,4)/q+1;;/p-1. The maximum atomic E-state index is 12.9. The third-order valence-corrected chi connectivity index (χ3v) is 6.97. The first kappa shape index (κ1) is 26.5. The van der Waals surface area contributed by atoms with Crippen molar-refractivity contribution in [1.29, 1.82) is 0 Å². The van der Waals surface area contributed by atoms with Gasteiger partial charge in [0, 0.05) is 5.41 Å². The van der Waals surface area contributed by atoms with Gasteiger partial charge < -0.3 is 10.3 Å². The Kier molecular flexibility index (Phi) is 8.18. The number of Topliss-reactive ketones (excluding diaryl/α,β-unsaturated/α-hetero) is 1. The molecule has 0 spiro atoms. The Morgan fingerprint density at radius 2 is 1.60 bits per heavy atom. The van der Waals surface area contributed by atoms with Crippen LogP contribution in [-0.4, -0.2) is 54.1 Å². The van der Waals surface area contributed by atoms with E-state index < -0.39 is 10.4 Å². The quantitative estimate of drug-likeness (QED) is 0.335. The van der Waals surface area contributed by atoms with Gasteiger partial charge in [0.1, 0.15) is 5.69 Å². The third kappa shape index (κ3) is 5.36. The van der Waals surface area contributed by atoms with Gasteiger partial charge in [0.15, 0.2) is 5.78 Å². The van der Waals surface area contributed by atoms with E-state index in [0.717, 1.165) is 35.6 Å². The summed E-state index contributed by atoms with van der Waals surface area (Å²) in [5.74, 6) is 0.799. The molecule has 2 bridgehead atoms. The van der Waals surface area contributed by atoms with Crippen molar-refractivity contribution < 1.29 is 21.9 Å². The number of hydrogen-bond donors (Lipinski definition) is 1. The van der Waals surface area contributed by atoms with E-state index in [4.69, 9.17) is 0 Å². The maximum Gasteiger partial charge on any atom is 0.217 e. The summed E-state index contributed by atoms with van der Waals surface area (Å²) >= 11 is 0. The van der Waals surface area contributed by atoms with Gasteiger partial charge >= 0.3 is 0 Å². The van der Waals surface area contributed by atoms with Crippen LogP contribution in [0, 0.1) is 16.7 Å². The number of nitrogens with two attached hydrogens (primary N) is 1. The molecule has 2 aliphatic rings. The summed E-state index contributed by atoms with van der Waals surface area (Å²) in [7, 11) is 4.38. The molecule has 2 N–H and O–H groups in total. The number of carbonyl (C=O) groups is 1. The van der Waals surface area contributed by atoms with Gasteiger partial charge in [0.05, 0.1) is 28.3 Å². The van der Waals surface area contributed by atoms with Gasteiger partial charge in [-0.05, 0) is 72.7 Å². The van der Waals surface area contributed by atoms with E-state index in [0.29, 0.717) is 11.7 Å². The van der Waals surface area contributed by atoms with Crippen LogP contribution in [0.2, 0.25) is 0 Å². The van der Waals surface area contributed by atoms with Gasteiger partial charge in [-0.3, -0.25) is 13.5 Å². The average molecular weight is 441 g/mol. The number of ketones is 1. The Balaban J connectivity index is 0.000000487. The van der Waals surface area contributed by atoms with E-state index in [9.17, 15) is 17.8 Å². The number of benzene rings is 1. The lowest BCUT2D eigenvalue weighted by Gasteiger charge is -2.31. The van der Waals surface area contributed by atoms with E-state index in [2.05, 4.69) is 82.2 Å². The summed E-state index contributed by atoms with van der Waals surface area (Å²) in [5, 5.41) is 0. The number of fused-ring (bicyclic) bond motifs is 2. The molecule has 2 aliphatic carbocycles. The fourth-order valence-corrected chi connectivity index (χ4v) is 4.29. The lowest BCUT2D eigenvalue weighted by molar-refractivity contribution is -0.125. The molecule has 170 valence electrons. The second-order valence-corrected chi connectivity index (χ2v) is 10.4. The Bertz CT molecular complexity index is 883. The van der Waals surface area contributed by atoms with Crippen LogP contribution in [0.4, 0.5) is 5.69 Å². The number of nitrogens with zero attached hydrogens (tertiary/aromatic N) is 1. The summed E-state index contributed by atoms with van der Waals surface area (Å²) in [6, 6.07) is 8.61. The Labute approximate surface area is 181 Å². The van der Waals surface area contributed by atoms with Crippen molar-refractivity contribution in [3.05, 3.63) is 35.4 Å². The van der Waals surface area contributed by atoms with Gasteiger partial charge in [-0.25, -0.2) is 8.42 Å². The molecule has 0 amide bonds. The summed E-state index contributed by atoms with van der Waals surface area (Å²) in [5.41, 5.74) is 7.90. The van der Waals surface area contributed by atoms with E-state index in [1.54, 1.807) is 0 Å². The Morgan fingerprint density at radius 1 is 1.13 bits per heavy atom. The molecule has 0 aromatic heterocycles. The molecule has 2 atom stereocenters. The zero-order chi connectivity index (χ0) is 23.5. The van der Waals surface area contributed by atoms with Crippen molar-refractivity contribution in [2.45, 2.75) is 33.6 Å². The summed E-state index contributed by atoms with van der Waals surface area (Å²) < 4.78 is 31.8. The largest absolute Gasteiger partial charge is 0.726 e. The van der Waals surface area contributed by atoms with Gasteiger partial charge in [0.25, 0.3) is 0 Å². The number of hydrogen-bond acceptors (Lipinski definition) is 6. The first-order valence-corrected chi connectivity index (χ1v) is 11.2. The van der Waals surface area contributed by atoms with Crippen molar-refractivity contribution in [3.63, 3.8) is 0 Å². The number of carbonyl (C=O) groups excluding carboxylic acids is 1. The molecule has 1 aromatic carbocycles. The molecule has 8 heteroatoms. The van der Waals surface area contributed by atoms with Crippen molar-refractivity contribution in [1.82, 2.24) is 4.48 Å². The molecule has 3 rings (SSSR count). The Hall–Kier alpha value is -1.58. The van der Waals surface area contributed by atoms with Gasteiger partial charge in [-0.15, -0.1) is 0 Å². The second-order valence-electron chi connectivity index (χ2n) is 9.25. The van der Waals surface area contributed by atoms with Crippen LogP contribution in [0.15, 0.2) is 29.8 Å². The topological polar surface area (TPSA) is 110 Å². The SMILES string of the molecule is CC12CCC(C(=Cc3ccc([N+](C)(C)C)cc3)C1=O)C2(C)C.CN.COS(=O)(=O)[O-]. The first-order valence-electron chi connectivity index (χ1n) is 9.91. The van der Waals surface area contributed by atoms with Crippen LogP contribution < -0.4 is 10.2 Å². The molecule has 7 nitrogen and oxygen atoms in total. The van der Waals surface area contributed by atoms with Crippen LogP contribution in [-0.2, 0) is 19.4 Å². The lowest BCUT2D eigenvalue weighted by atomic mass is 9.70. The predicted octanol–water partition coefficient (Wildman–Crippen LogP) is 2.96. The molecule has 0 saturated heterocycles. The zero-order valence-corrected chi connectivity index (χ0v) is 20.2. The van der Waals surface area contributed by atoms with Crippen LogP contribution in [0.1, 0.15) is 39.2 Å². The van der Waals surface area contributed by atoms with Gasteiger partial charge in [-0.2, -0.15) is 0 Å². The molecular formula is C22H36N2O5S. The van der Waals surface area contributed by atoms with E-state index in [1.165, 1.54) is 12.7 Å². The minimum absolute atomic E-state index is 0.0954. The summed E-state index contributed by atoms with van der Waals surface area (Å²) in [6.45, 7) is 6.70. The minimum Gasteiger partial charge on any atom is -0.726 e. The molecule has 1 aromatic rings. The highest BCUT2D eigenvalue weighted by atomic mass is 32.3. The van der Waals surface area contributed by atoms with Crippen molar-refractivity contribution >= 4 is 27.9 Å². The Morgan fingerprint density at radius 3 is 1.93 bits per heavy atom.